The Labute approximate surface area is 100 Å². The molecular weight excluding hydrogens is 243 g/mol. The van der Waals surface area contributed by atoms with Gasteiger partial charge in [-0.1, -0.05) is 6.07 Å². The Balaban J connectivity index is 2.36. The second-order valence-electron chi connectivity index (χ2n) is 4.18. The largest absolute Gasteiger partial charge is 0.316 e. The molecule has 0 saturated heterocycles. The summed E-state index contributed by atoms with van der Waals surface area (Å²) in [7, 11) is -1.89. The third-order valence-electron chi connectivity index (χ3n) is 2.59. The molecule has 2 N–H and O–H groups in total. The Morgan fingerprint density at radius 3 is 2.71 bits per heavy atom. The van der Waals surface area contributed by atoms with E-state index < -0.39 is 15.8 Å². The van der Waals surface area contributed by atoms with E-state index in [1.54, 1.807) is 7.05 Å². The smallest absolute Gasteiger partial charge is 0.241 e. The standard InChI is InChI=1S/C11H15FN2O2S/c1-13-7-8-2-3-9(12)6-11(8)17(15,16)14-10-4-5-10/h2-3,6,10,13-14H,4-5,7H2,1H3. The molecule has 94 valence electrons. The fraction of sp³-hybridized carbons (Fsp3) is 0.455. The van der Waals surface area contributed by atoms with Gasteiger partial charge in [-0.15, -0.1) is 0 Å². The van der Waals surface area contributed by atoms with Crippen molar-refractivity contribution in [1.82, 2.24) is 10.0 Å². The number of rotatable bonds is 5. The number of hydrogen-bond donors (Lipinski definition) is 2. The summed E-state index contributed by atoms with van der Waals surface area (Å²) < 4.78 is 39.8. The van der Waals surface area contributed by atoms with Gasteiger partial charge in [-0.05, 0) is 37.6 Å². The second kappa shape index (κ2) is 4.72. The van der Waals surface area contributed by atoms with Crippen LogP contribution in [0.25, 0.3) is 0 Å². The van der Waals surface area contributed by atoms with E-state index in [4.69, 9.17) is 0 Å². The normalized spacial score (nSPS) is 16.1. The van der Waals surface area contributed by atoms with Crippen molar-refractivity contribution >= 4 is 10.0 Å². The van der Waals surface area contributed by atoms with Gasteiger partial charge in [0.15, 0.2) is 0 Å². The topological polar surface area (TPSA) is 58.2 Å². The highest BCUT2D eigenvalue weighted by atomic mass is 32.2. The van der Waals surface area contributed by atoms with E-state index >= 15 is 0 Å². The molecular formula is C11H15FN2O2S. The van der Waals surface area contributed by atoms with E-state index in [-0.39, 0.29) is 10.9 Å². The first kappa shape index (κ1) is 12.5. The highest BCUT2D eigenvalue weighted by Crippen LogP contribution is 2.24. The van der Waals surface area contributed by atoms with Crippen molar-refractivity contribution in [2.75, 3.05) is 7.05 Å². The van der Waals surface area contributed by atoms with Crippen molar-refractivity contribution < 1.29 is 12.8 Å². The molecule has 1 aliphatic carbocycles. The van der Waals surface area contributed by atoms with Crippen LogP contribution in [0.2, 0.25) is 0 Å². The summed E-state index contributed by atoms with van der Waals surface area (Å²) in [5, 5.41) is 2.87. The second-order valence-corrected chi connectivity index (χ2v) is 5.86. The summed E-state index contributed by atoms with van der Waals surface area (Å²) in [6, 6.07) is 3.85. The molecule has 0 aromatic heterocycles. The van der Waals surface area contributed by atoms with Crippen molar-refractivity contribution in [3.8, 4) is 0 Å². The number of benzene rings is 1. The van der Waals surface area contributed by atoms with Crippen LogP contribution in [0, 0.1) is 5.82 Å². The molecule has 17 heavy (non-hydrogen) atoms. The van der Waals surface area contributed by atoms with Gasteiger partial charge in [0.05, 0.1) is 4.90 Å². The molecule has 0 heterocycles. The number of halogens is 1. The molecule has 0 unspecified atom stereocenters. The van der Waals surface area contributed by atoms with Crippen LogP contribution in [0.3, 0.4) is 0 Å². The van der Waals surface area contributed by atoms with Crippen LogP contribution in [-0.4, -0.2) is 21.5 Å². The first-order valence-electron chi connectivity index (χ1n) is 5.48. The van der Waals surface area contributed by atoms with Crippen LogP contribution in [0.15, 0.2) is 23.1 Å². The van der Waals surface area contributed by atoms with Crippen molar-refractivity contribution in [2.24, 2.45) is 0 Å². The van der Waals surface area contributed by atoms with Crippen LogP contribution >= 0.6 is 0 Å². The van der Waals surface area contributed by atoms with Crippen LogP contribution in [0.5, 0.6) is 0 Å². The van der Waals surface area contributed by atoms with Crippen LogP contribution < -0.4 is 10.0 Å². The summed E-state index contributed by atoms with van der Waals surface area (Å²) in [5.74, 6) is -0.541. The van der Waals surface area contributed by atoms with E-state index in [1.807, 2.05) is 0 Å². The molecule has 0 aliphatic heterocycles. The van der Waals surface area contributed by atoms with Gasteiger partial charge in [-0.25, -0.2) is 17.5 Å². The van der Waals surface area contributed by atoms with Gasteiger partial charge in [0.2, 0.25) is 10.0 Å². The lowest BCUT2D eigenvalue weighted by atomic mass is 10.2. The molecule has 1 fully saturated rings. The Morgan fingerprint density at radius 1 is 1.41 bits per heavy atom. The van der Waals surface area contributed by atoms with Crippen molar-refractivity contribution in [3.05, 3.63) is 29.6 Å². The molecule has 4 nitrogen and oxygen atoms in total. The molecule has 0 spiro atoms. The summed E-state index contributed by atoms with van der Waals surface area (Å²) in [6.07, 6.45) is 1.71. The maximum atomic E-state index is 13.2. The van der Waals surface area contributed by atoms with Crippen molar-refractivity contribution in [2.45, 2.75) is 30.3 Å². The van der Waals surface area contributed by atoms with Crippen LogP contribution in [0.1, 0.15) is 18.4 Å². The highest BCUT2D eigenvalue weighted by molar-refractivity contribution is 7.89. The van der Waals surface area contributed by atoms with Crippen molar-refractivity contribution in [3.63, 3.8) is 0 Å². The third kappa shape index (κ3) is 3.02. The van der Waals surface area contributed by atoms with Gasteiger partial charge in [-0.3, -0.25) is 0 Å². The fourth-order valence-electron chi connectivity index (χ4n) is 1.60. The van der Waals surface area contributed by atoms with Gasteiger partial charge in [0, 0.05) is 12.6 Å². The fourth-order valence-corrected chi connectivity index (χ4v) is 3.15. The SMILES string of the molecule is CNCc1ccc(F)cc1S(=O)(=O)NC1CC1. The third-order valence-corrected chi connectivity index (χ3v) is 4.19. The highest BCUT2D eigenvalue weighted by Gasteiger charge is 2.29. The van der Waals surface area contributed by atoms with E-state index in [9.17, 15) is 12.8 Å². The molecule has 0 bridgehead atoms. The van der Waals surface area contributed by atoms with E-state index in [0.29, 0.717) is 12.1 Å². The Kier molecular flexibility index (Phi) is 3.46. The minimum atomic E-state index is -3.60. The number of hydrogen-bond acceptors (Lipinski definition) is 3. The number of nitrogens with one attached hydrogen (secondary N) is 2. The lowest BCUT2D eigenvalue weighted by molar-refractivity contribution is 0.574. The zero-order chi connectivity index (χ0) is 12.5. The van der Waals surface area contributed by atoms with Gasteiger partial charge >= 0.3 is 0 Å². The molecule has 0 amide bonds. The molecule has 2 rings (SSSR count). The summed E-state index contributed by atoms with van der Waals surface area (Å²) in [6.45, 7) is 0.390. The van der Waals surface area contributed by atoms with Crippen LogP contribution in [-0.2, 0) is 16.6 Å². The van der Waals surface area contributed by atoms with Gasteiger partial charge < -0.3 is 5.32 Å². The molecule has 1 saturated carbocycles. The Bertz CT molecular complexity index is 512. The lowest BCUT2D eigenvalue weighted by Crippen LogP contribution is -2.27. The molecule has 1 aromatic carbocycles. The molecule has 1 aromatic rings. The molecule has 6 heteroatoms. The quantitative estimate of drug-likeness (QED) is 0.828. The predicted octanol–water partition coefficient (Wildman–Crippen LogP) is 0.986. The zero-order valence-electron chi connectivity index (χ0n) is 9.53. The average Bonchev–Trinajstić information content (AvgIpc) is 3.04. The minimum absolute atomic E-state index is 0.0192. The monoisotopic (exact) mass is 258 g/mol. The van der Waals surface area contributed by atoms with Gasteiger partial charge in [0.1, 0.15) is 5.82 Å². The van der Waals surface area contributed by atoms with E-state index in [0.717, 1.165) is 18.9 Å². The minimum Gasteiger partial charge on any atom is -0.316 e. The maximum absolute atomic E-state index is 13.2. The first-order chi connectivity index (χ1) is 8.03. The summed E-state index contributed by atoms with van der Waals surface area (Å²) in [4.78, 5) is 0.0266. The molecule has 0 radical (unpaired) electrons. The maximum Gasteiger partial charge on any atom is 0.241 e. The Hall–Kier alpha value is -0.980. The van der Waals surface area contributed by atoms with E-state index in [2.05, 4.69) is 10.0 Å². The van der Waals surface area contributed by atoms with E-state index in [1.165, 1.54) is 12.1 Å². The average molecular weight is 258 g/mol. The zero-order valence-corrected chi connectivity index (χ0v) is 10.3. The van der Waals surface area contributed by atoms with Crippen molar-refractivity contribution in [1.29, 1.82) is 0 Å². The van der Waals surface area contributed by atoms with Crippen LogP contribution in [0.4, 0.5) is 4.39 Å². The molecule has 0 atom stereocenters. The predicted molar refractivity (Wildman–Crippen MR) is 62.5 cm³/mol. The Morgan fingerprint density at radius 2 is 2.12 bits per heavy atom. The lowest BCUT2D eigenvalue weighted by Gasteiger charge is -2.11. The van der Waals surface area contributed by atoms with Gasteiger partial charge in [0.25, 0.3) is 0 Å². The molecule has 1 aliphatic rings. The first-order valence-corrected chi connectivity index (χ1v) is 6.96. The number of sulfonamides is 1. The summed E-state index contributed by atoms with van der Waals surface area (Å²) >= 11 is 0. The van der Waals surface area contributed by atoms with Gasteiger partial charge in [-0.2, -0.15) is 0 Å². The summed E-state index contributed by atoms with van der Waals surface area (Å²) in [5.41, 5.74) is 0.571.